The van der Waals surface area contributed by atoms with Crippen molar-refractivity contribution in [2.24, 2.45) is 11.7 Å². The Bertz CT molecular complexity index is 614. The van der Waals surface area contributed by atoms with E-state index in [0.29, 0.717) is 12.2 Å². The molecule has 1 atom stereocenters. The van der Waals surface area contributed by atoms with E-state index in [9.17, 15) is 14.4 Å². The Hall–Kier alpha value is -2.61. The average molecular weight is 363 g/mol. The number of carbonyl (C=O) groups is 3. The number of hydrogen-bond acceptors (Lipinski definition) is 4. The fourth-order valence-electron chi connectivity index (χ4n) is 1.99. The number of amides is 4. The topological polar surface area (TPSA) is 125 Å². The number of anilines is 1. The quantitative estimate of drug-likeness (QED) is 0.471. The van der Waals surface area contributed by atoms with Gasteiger partial charge in [0.2, 0.25) is 11.8 Å². The summed E-state index contributed by atoms with van der Waals surface area (Å²) >= 11 is 0. The molecule has 0 heterocycles. The monoisotopic (exact) mass is 363 g/mol. The third kappa shape index (κ3) is 7.98. The molecule has 0 radical (unpaired) electrons. The molecule has 8 heteroatoms. The van der Waals surface area contributed by atoms with Gasteiger partial charge < -0.3 is 27.0 Å². The zero-order valence-electron chi connectivity index (χ0n) is 15.8. The molecule has 0 fully saturated rings. The summed E-state index contributed by atoms with van der Waals surface area (Å²) in [5.74, 6) is -0.633. The van der Waals surface area contributed by atoms with Gasteiger partial charge in [-0.25, -0.2) is 4.79 Å². The van der Waals surface area contributed by atoms with E-state index in [1.165, 1.54) is 0 Å². The van der Waals surface area contributed by atoms with Crippen LogP contribution in [0.3, 0.4) is 0 Å². The molecule has 0 saturated heterocycles. The molecule has 0 aromatic heterocycles. The third-order valence-electron chi connectivity index (χ3n) is 3.57. The van der Waals surface area contributed by atoms with E-state index in [1.54, 1.807) is 24.3 Å². The highest BCUT2D eigenvalue weighted by Gasteiger charge is 2.17. The zero-order chi connectivity index (χ0) is 19.7. The molecule has 144 valence electrons. The van der Waals surface area contributed by atoms with Crippen molar-refractivity contribution < 1.29 is 14.4 Å². The standard InChI is InChI=1S/C18H29N5O3/c1-11(2)16(19)17(25)21-10-15(24)20-9-13-5-7-14(8-6-13)23-18(26)22-12(3)4/h5-8,11-12,16H,9-10,19H2,1-4H3,(H,20,24)(H,21,25)(H2,22,23,26)/t16-/m0/s1. The third-order valence-corrected chi connectivity index (χ3v) is 3.57. The molecule has 8 nitrogen and oxygen atoms in total. The van der Waals surface area contributed by atoms with Crippen LogP contribution < -0.4 is 27.0 Å². The first kappa shape index (κ1) is 21.4. The molecular weight excluding hydrogens is 334 g/mol. The molecule has 0 spiro atoms. The van der Waals surface area contributed by atoms with Gasteiger partial charge in [0.25, 0.3) is 0 Å². The lowest BCUT2D eigenvalue weighted by Gasteiger charge is -2.15. The fourth-order valence-corrected chi connectivity index (χ4v) is 1.99. The Morgan fingerprint density at radius 2 is 1.62 bits per heavy atom. The maximum Gasteiger partial charge on any atom is 0.319 e. The summed E-state index contributed by atoms with van der Waals surface area (Å²) in [6.07, 6.45) is 0. The van der Waals surface area contributed by atoms with Crippen LogP contribution in [-0.4, -0.2) is 36.5 Å². The van der Waals surface area contributed by atoms with Crippen LogP contribution in [-0.2, 0) is 16.1 Å². The number of nitrogens with two attached hydrogens (primary N) is 1. The lowest BCUT2D eigenvalue weighted by Crippen LogP contribution is -2.47. The summed E-state index contributed by atoms with van der Waals surface area (Å²) < 4.78 is 0. The van der Waals surface area contributed by atoms with Crippen LogP contribution in [0.2, 0.25) is 0 Å². The predicted molar refractivity (Wildman–Crippen MR) is 101 cm³/mol. The molecule has 6 N–H and O–H groups in total. The summed E-state index contributed by atoms with van der Waals surface area (Å²) in [6.45, 7) is 7.65. The van der Waals surface area contributed by atoms with Gasteiger partial charge in [-0.15, -0.1) is 0 Å². The number of nitrogens with one attached hydrogen (secondary N) is 4. The zero-order valence-corrected chi connectivity index (χ0v) is 15.8. The van der Waals surface area contributed by atoms with Crippen LogP contribution in [0.1, 0.15) is 33.3 Å². The molecule has 1 rings (SSSR count). The highest BCUT2D eigenvalue weighted by molar-refractivity contribution is 5.89. The highest BCUT2D eigenvalue weighted by atomic mass is 16.2. The van der Waals surface area contributed by atoms with Crippen LogP contribution in [0.25, 0.3) is 0 Å². The van der Waals surface area contributed by atoms with E-state index >= 15 is 0 Å². The molecule has 0 aliphatic rings. The smallest absolute Gasteiger partial charge is 0.319 e. The van der Waals surface area contributed by atoms with Gasteiger partial charge >= 0.3 is 6.03 Å². The summed E-state index contributed by atoms with van der Waals surface area (Å²) in [7, 11) is 0. The first-order valence-electron chi connectivity index (χ1n) is 8.65. The van der Waals surface area contributed by atoms with Gasteiger partial charge in [-0.2, -0.15) is 0 Å². The van der Waals surface area contributed by atoms with Crippen LogP contribution in [0.5, 0.6) is 0 Å². The van der Waals surface area contributed by atoms with Crippen LogP contribution in [0, 0.1) is 5.92 Å². The van der Waals surface area contributed by atoms with Crippen molar-refractivity contribution in [1.29, 1.82) is 0 Å². The van der Waals surface area contributed by atoms with Crippen molar-refractivity contribution in [2.75, 3.05) is 11.9 Å². The highest BCUT2D eigenvalue weighted by Crippen LogP contribution is 2.09. The fraction of sp³-hybridized carbons (Fsp3) is 0.500. The van der Waals surface area contributed by atoms with Crippen LogP contribution in [0.15, 0.2) is 24.3 Å². The normalized spacial score (nSPS) is 11.8. The minimum atomic E-state index is -0.629. The molecule has 26 heavy (non-hydrogen) atoms. The van der Waals surface area contributed by atoms with Gasteiger partial charge in [-0.1, -0.05) is 26.0 Å². The summed E-state index contributed by atoms with van der Waals surface area (Å²) in [5, 5.41) is 10.7. The molecule has 1 aromatic rings. The Kier molecular flexibility index (Phi) is 8.57. The first-order valence-corrected chi connectivity index (χ1v) is 8.65. The van der Waals surface area contributed by atoms with E-state index in [0.717, 1.165) is 5.56 Å². The molecule has 0 aliphatic heterocycles. The van der Waals surface area contributed by atoms with E-state index in [1.807, 2.05) is 27.7 Å². The molecule has 0 bridgehead atoms. The molecule has 0 aliphatic carbocycles. The van der Waals surface area contributed by atoms with E-state index < -0.39 is 6.04 Å². The Balaban J connectivity index is 2.37. The predicted octanol–water partition coefficient (Wildman–Crippen LogP) is 0.932. The van der Waals surface area contributed by atoms with Crippen molar-refractivity contribution in [3.8, 4) is 0 Å². The summed E-state index contributed by atoms with van der Waals surface area (Å²) in [5.41, 5.74) is 7.24. The van der Waals surface area contributed by atoms with E-state index in [4.69, 9.17) is 5.73 Å². The van der Waals surface area contributed by atoms with Crippen LogP contribution >= 0.6 is 0 Å². The van der Waals surface area contributed by atoms with Gasteiger partial charge in [0.05, 0.1) is 12.6 Å². The minimum absolute atomic E-state index is 0.00723. The minimum Gasteiger partial charge on any atom is -0.350 e. The lowest BCUT2D eigenvalue weighted by atomic mass is 10.1. The second-order valence-corrected chi connectivity index (χ2v) is 6.71. The number of benzene rings is 1. The summed E-state index contributed by atoms with van der Waals surface area (Å²) in [4.78, 5) is 35.1. The largest absolute Gasteiger partial charge is 0.350 e. The van der Waals surface area contributed by atoms with Gasteiger partial charge in [0, 0.05) is 18.3 Å². The van der Waals surface area contributed by atoms with Crippen molar-refractivity contribution in [1.82, 2.24) is 16.0 Å². The second kappa shape index (κ2) is 10.4. The maximum absolute atomic E-state index is 11.8. The summed E-state index contributed by atoms with van der Waals surface area (Å²) in [6, 6.07) is 6.28. The Labute approximate surface area is 154 Å². The van der Waals surface area contributed by atoms with Gasteiger partial charge in [0.1, 0.15) is 0 Å². The number of rotatable bonds is 8. The van der Waals surface area contributed by atoms with Crippen molar-refractivity contribution in [3.05, 3.63) is 29.8 Å². The van der Waals surface area contributed by atoms with Gasteiger partial charge in [0.15, 0.2) is 0 Å². The number of hydrogen-bond donors (Lipinski definition) is 5. The van der Waals surface area contributed by atoms with Gasteiger partial charge in [-0.05, 0) is 37.5 Å². The molecule has 4 amide bonds. The second-order valence-electron chi connectivity index (χ2n) is 6.71. The SMILES string of the molecule is CC(C)NC(=O)Nc1ccc(CNC(=O)CNC(=O)[C@@H](N)C(C)C)cc1. The van der Waals surface area contributed by atoms with Crippen molar-refractivity contribution >= 4 is 23.5 Å². The maximum atomic E-state index is 11.8. The number of carbonyl (C=O) groups excluding carboxylic acids is 3. The molecular formula is C18H29N5O3. The lowest BCUT2D eigenvalue weighted by molar-refractivity contribution is -0.127. The van der Waals surface area contributed by atoms with Crippen molar-refractivity contribution in [3.63, 3.8) is 0 Å². The molecule has 0 saturated carbocycles. The van der Waals surface area contributed by atoms with Crippen LogP contribution in [0.4, 0.5) is 10.5 Å². The molecule has 1 aromatic carbocycles. The van der Waals surface area contributed by atoms with Crippen molar-refractivity contribution in [2.45, 2.75) is 46.3 Å². The first-order chi connectivity index (χ1) is 12.2. The van der Waals surface area contributed by atoms with E-state index in [-0.39, 0.29) is 36.3 Å². The number of urea groups is 1. The Morgan fingerprint density at radius 3 is 2.15 bits per heavy atom. The molecule has 0 unspecified atom stereocenters. The Morgan fingerprint density at radius 1 is 1.00 bits per heavy atom. The van der Waals surface area contributed by atoms with Gasteiger partial charge in [-0.3, -0.25) is 9.59 Å². The van der Waals surface area contributed by atoms with E-state index in [2.05, 4.69) is 21.3 Å². The average Bonchev–Trinajstić information content (AvgIpc) is 2.57.